The maximum Gasteiger partial charge on any atom is 0.267 e. The first-order valence-electron chi connectivity index (χ1n) is 5.13. The van der Waals surface area contributed by atoms with Gasteiger partial charge in [0.15, 0.2) is 0 Å². The molecule has 0 aromatic rings. The number of likely N-dealkylation sites (tertiary alicyclic amines) is 1. The molecule has 1 saturated heterocycles. The van der Waals surface area contributed by atoms with Crippen molar-refractivity contribution < 1.29 is 13.6 Å². The largest absolute Gasteiger partial charge is 0.337 e. The average Bonchev–Trinajstić information content (AvgIpc) is 2.10. The monoisotopic (exact) mass is 205 g/mol. The summed E-state index contributed by atoms with van der Waals surface area (Å²) in [5, 5.41) is 0. The van der Waals surface area contributed by atoms with Gasteiger partial charge in [0, 0.05) is 18.9 Å². The van der Waals surface area contributed by atoms with Crippen LogP contribution in [0.5, 0.6) is 0 Å². The van der Waals surface area contributed by atoms with Crippen molar-refractivity contribution in [1.29, 1.82) is 0 Å². The fourth-order valence-electron chi connectivity index (χ4n) is 1.63. The highest BCUT2D eigenvalue weighted by molar-refractivity contribution is 5.76. The number of piperidine rings is 1. The topological polar surface area (TPSA) is 20.3 Å². The van der Waals surface area contributed by atoms with Gasteiger partial charge >= 0.3 is 0 Å². The predicted octanol–water partition coefficient (Wildman–Crippen LogP) is 2.29. The molecule has 4 heteroatoms. The van der Waals surface area contributed by atoms with Crippen LogP contribution in [-0.2, 0) is 4.79 Å². The van der Waals surface area contributed by atoms with Gasteiger partial charge in [0.05, 0.1) is 6.54 Å². The second kappa shape index (κ2) is 4.24. The molecule has 1 aliphatic rings. The van der Waals surface area contributed by atoms with Gasteiger partial charge < -0.3 is 4.90 Å². The summed E-state index contributed by atoms with van der Waals surface area (Å²) in [6.45, 7) is 3.51. The second-order valence-electron chi connectivity index (χ2n) is 4.02. The number of carbonyl (C=O) groups excluding carboxylic acids is 1. The fraction of sp³-hybridized carbons (Fsp3) is 0.900. The van der Waals surface area contributed by atoms with Crippen LogP contribution in [0.2, 0.25) is 0 Å². The minimum atomic E-state index is -2.71. The zero-order valence-corrected chi connectivity index (χ0v) is 8.72. The summed E-state index contributed by atoms with van der Waals surface area (Å²) in [6.07, 6.45) is 1.50. The normalized spacial score (nSPS) is 26.3. The van der Waals surface area contributed by atoms with E-state index in [1.807, 2.05) is 6.92 Å². The summed E-state index contributed by atoms with van der Waals surface area (Å²) in [5.41, 5.74) is 0. The first-order valence-corrected chi connectivity index (χ1v) is 5.13. The van der Waals surface area contributed by atoms with Crippen LogP contribution in [0.25, 0.3) is 0 Å². The summed E-state index contributed by atoms with van der Waals surface area (Å²) in [7, 11) is 0. The van der Waals surface area contributed by atoms with Crippen molar-refractivity contribution in [2.24, 2.45) is 5.92 Å². The Kier molecular flexibility index (Phi) is 3.45. The Morgan fingerprint density at radius 3 is 2.71 bits per heavy atom. The molecule has 1 heterocycles. The quantitative estimate of drug-likeness (QED) is 0.677. The van der Waals surface area contributed by atoms with Crippen molar-refractivity contribution in [3.8, 4) is 0 Å². The first-order chi connectivity index (χ1) is 6.47. The maximum absolute atomic E-state index is 13.3. The molecule has 0 spiro atoms. The van der Waals surface area contributed by atoms with Crippen LogP contribution in [0.4, 0.5) is 8.78 Å². The van der Waals surface area contributed by atoms with Crippen LogP contribution in [0.15, 0.2) is 0 Å². The number of hydrogen-bond donors (Lipinski definition) is 0. The van der Waals surface area contributed by atoms with Crippen molar-refractivity contribution in [2.75, 3.05) is 13.1 Å². The molecule has 82 valence electrons. The zero-order chi connectivity index (χ0) is 10.8. The van der Waals surface area contributed by atoms with Gasteiger partial charge in [-0.1, -0.05) is 13.8 Å². The Morgan fingerprint density at radius 2 is 2.21 bits per heavy atom. The van der Waals surface area contributed by atoms with Crippen LogP contribution >= 0.6 is 0 Å². The molecule has 0 N–H and O–H groups in total. The molecule has 0 aliphatic carbocycles. The van der Waals surface area contributed by atoms with E-state index in [-0.39, 0.29) is 5.91 Å². The number of amides is 1. The molecule has 1 aliphatic heterocycles. The van der Waals surface area contributed by atoms with Crippen LogP contribution < -0.4 is 0 Å². The van der Waals surface area contributed by atoms with E-state index in [2.05, 4.69) is 0 Å². The Bertz CT molecular complexity index is 218. The Hall–Kier alpha value is -0.670. The third-order valence-corrected chi connectivity index (χ3v) is 2.77. The summed E-state index contributed by atoms with van der Waals surface area (Å²) in [5.74, 6) is -3.45. The Balaban J connectivity index is 2.55. The van der Waals surface area contributed by atoms with E-state index >= 15 is 0 Å². The SMILES string of the molecule is CCCC(=O)N1CC[C@@H](C)C(F)(F)C1. The highest BCUT2D eigenvalue weighted by atomic mass is 19.3. The maximum atomic E-state index is 13.3. The Labute approximate surface area is 83.3 Å². The summed E-state index contributed by atoms with van der Waals surface area (Å²) < 4.78 is 26.5. The third kappa shape index (κ3) is 2.42. The van der Waals surface area contributed by atoms with Crippen molar-refractivity contribution in [3.05, 3.63) is 0 Å². The number of hydrogen-bond acceptors (Lipinski definition) is 1. The number of alkyl halides is 2. The second-order valence-corrected chi connectivity index (χ2v) is 4.02. The van der Waals surface area contributed by atoms with E-state index in [0.29, 0.717) is 19.4 Å². The molecule has 1 fully saturated rings. The molecule has 2 nitrogen and oxygen atoms in total. The minimum absolute atomic E-state index is 0.140. The predicted molar refractivity (Wildman–Crippen MR) is 50.2 cm³/mol. The molecular weight excluding hydrogens is 188 g/mol. The van der Waals surface area contributed by atoms with Crippen LogP contribution in [0.1, 0.15) is 33.1 Å². The van der Waals surface area contributed by atoms with E-state index in [4.69, 9.17) is 0 Å². The molecule has 0 saturated carbocycles. The molecule has 0 aromatic heterocycles. The standard InChI is InChI=1S/C10H17F2NO/c1-3-4-9(14)13-6-5-8(2)10(11,12)7-13/h8H,3-7H2,1-2H3/t8-/m1/s1. The molecule has 14 heavy (non-hydrogen) atoms. The van der Waals surface area contributed by atoms with Gasteiger partial charge in [-0.15, -0.1) is 0 Å². The van der Waals surface area contributed by atoms with Crippen LogP contribution in [0, 0.1) is 5.92 Å². The van der Waals surface area contributed by atoms with Gasteiger partial charge in [0.2, 0.25) is 5.91 Å². The van der Waals surface area contributed by atoms with E-state index in [1.165, 1.54) is 4.90 Å². The molecule has 1 amide bonds. The van der Waals surface area contributed by atoms with E-state index in [9.17, 15) is 13.6 Å². The average molecular weight is 205 g/mol. The summed E-state index contributed by atoms with van der Waals surface area (Å²) in [4.78, 5) is 12.7. The lowest BCUT2D eigenvalue weighted by Crippen LogP contribution is -2.49. The molecule has 0 unspecified atom stereocenters. The highest BCUT2D eigenvalue weighted by Crippen LogP contribution is 2.32. The fourth-order valence-corrected chi connectivity index (χ4v) is 1.63. The lowest BCUT2D eigenvalue weighted by molar-refractivity contribution is -0.148. The smallest absolute Gasteiger partial charge is 0.267 e. The van der Waals surface area contributed by atoms with Gasteiger partial charge in [-0.3, -0.25) is 4.79 Å². The van der Waals surface area contributed by atoms with E-state index < -0.39 is 18.4 Å². The van der Waals surface area contributed by atoms with E-state index in [0.717, 1.165) is 6.42 Å². The number of rotatable bonds is 2. The number of halogens is 2. The molecule has 0 radical (unpaired) electrons. The number of nitrogens with zero attached hydrogens (tertiary/aromatic N) is 1. The zero-order valence-electron chi connectivity index (χ0n) is 8.72. The van der Waals surface area contributed by atoms with Crippen molar-refractivity contribution in [1.82, 2.24) is 4.90 Å². The van der Waals surface area contributed by atoms with Gasteiger partial charge in [-0.2, -0.15) is 0 Å². The lowest BCUT2D eigenvalue weighted by Gasteiger charge is -2.36. The van der Waals surface area contributed by atoms with Gasteiger partial charge in [0.1, 0.15) is 0 Å². The van der Waals surface area contributed by atoms with Crippen LogP contribution in [-0.4, -0.2) is 29.8 Å². The molecule has 1 atom stereocenters. The Morgan fingerprint density at radius 1 is 1.57 bits per heavy atom. The van der Waals surface area contributed by atoms with E-state index in [1.54, 1.807) is 6.92 Å². The third-order valence-electron chi connectivity index (χ3n) is 2.77. The lowest BCUT2D eigenvalue weighted by atomic mass is 9.94. The van der Waals surface area contributed by atoms with Gasteiger partial charge in [0.25, 0.3) is 5.92 Å². The van der Waals surface area contributed by atoms with Gasteiger partial charge in [-0.05, 0) is 12.8 Å². The summed E-state index contributed by atoms with van der Waals surface area (Å²) >= 11 is 0. The first kappa shape index (κ1) is 11.4. The molecule has 0 aromatic carbocycles. The molecule has 0 bridgehead atoms. The van der Waals surface area contributed by atoms with Crippen molar-refractivity contribution in [3.63, 3.8) is 0 Å². The van der Waals surface area contributed by atoms with Crippen molar-refractivity contribution in [2.45, 2.75) is 39.0 Å². The van der Waals surface area contributed by atoms with Crippen LogP contribution in [0.3, 0.4) is 0 Å². The van der Waals surface area contributed by atoms with Gasteiger partial charge in [-0.25, -0.2) is 8.78 Å². The minimum Gasteiger partial charge on any atom is -0.337 e. The highest BCUT2D eigenvalue weighted by Gasteiger charge is 2.42. The summed E-state index contributed by atoms with van der Waals surface area (Å²) in [6, 6.07) is 0. The molecule has 1 rings (SSSR count). The molecular formula is C10H17F2NO. The van der Waals surface area contributed by atoms with Crippen molar-refractivity contribution >= 4 is 5.91 Å². The number of carbonyl (C=O) groups is 1.